The lowest BCUT2D eigenvalue weighted by atomic mass is 9.99. The summed E-state index contributed by atoms with van der Waals surface area (Å²) in [4.78, 5) is 72.4. The number of hydrogen-bond acceptors (Lipinski definition) is 15. The van der Waals surface area contributed by atoms with Crippen LogP contribution in [0.1, 0.15) is 370 Å². The highest BCUT2D eigenvalue weighted by Crippen LogP contribution is 2.45. The average molecular weight is 1350 g/mol. The molecule has 19 heteroatoms. The van der Waals surface area contributed by atoms with Gasteiger partial charge in [-0.1, -0.05) is 318 Å². The summed E-state index contributed by atoms with van der Waals surface area (Å²) in [5, 5.41) is 10.6. The molecule has 0 aromatic rings. The summed E-state index contributed by atoms with van der Waals surface area (Å²) in [6.45, 7) is 11.8. The van der Waals surface area contributed by atoms with Gasteiger partial charge in [-0.3, -0.25) is 37.3 Å². The largest absolute Gasteiger partial charge is 0.472 e. The van der Waals surface area contributed by atoms with Crippen LogP contribution in [0, 0.1) is 17.8 Å². The third kappa shape index (κ3) is 65.4. The molecule has 0 heterocycles. The van der Waals surface area contributed by atoms with Crippen molar-refractivity contribution >= 4 is 39.5 Å². The fourth-order valence-electron chi connectivity index (χ4n) is 11.0. The van der Waals surface area contributed by atoms with Crippen molar-refractivity contribution in [1.82, 2.24) is 0 Å². The van der Waals surface area contributed by atoms with E-state index in [2.05, 4.69) is 48.5 Å². The van der Waals surface area contributed by atoms with Gasteiger partial charge >= 0.3 is 39.5 Å². The first kappa shape index (κ1) is 90.1. The minimum absolute atomic E-state index is 0.103. The molecular weight excluding hydrogens is 1210 g/mol. The second-order valence-electron chi connectivity index (χ2n) is 27.5. The molecule has 17 nitrogen and oxygen atoms in total. The number of rotatable bonds is 71. The first-order valence-electron chi connectivity index (χ1n) is 37.9. The Balaban J connectivity index is 5.15. The van der Waals surface area contributed by atoms with Crippen molar-refractivity contribution in [2.45, 2.75) is 388 Å². The molecule has 0 saturated carbocycles. The fraction of sp³-hybridized carbons (Fsp3) is 0.945. The Hall–Kier alpha value is -1.94. The van der Waals surface area contributed by atoms with E-state index in [1.165, 1.54) is 173 Å². The Labute approximate surface area is 562 Å². The van der Waals surface area contributed by atoms with Crippen LogP contribution in [-0.2, 0) is 65.4 Å². The molecule has 0 aliphatic heterocycles. The molecule has 546 valence electrons. The molecule has 0 fully saturated rings. The molecule has 0 radical (unpaired) electrons. The van der Waals surface area contributed by atoms with Crippen LogP contribution in [0.3, 0.4) is 0 Å². The standard InChI is InChI=1S/C73H142O17P2/c1-8-10-11-37-47-54-70(75)83-60-68(89-73(78)57-50-43-36-30-29-32-39-45-52-65(5)6)62-87-91(79,80)85-58-67(74)59-86-92(81,82)88-63-69(90-72(77)56-49-42-35-28-24-20-14-12-13-17-21-25-31-38-44-51-64(3)4)61-84-71(76)55-48-41-34-27-23-19-16-15-18-22-26-33-40-46-53-66(7)9-2/h64-69,74H,8-63H2,1-7H3,(H,79,80)(H,81,82)/t66?,67-,68+,69+/m0/s1. The van der Waals surface area contributed by atoms with E-state index in [0.29, 0.717) is 25.7 Å². The quantitative estimate of drug-likeness (QED) is 0.0222. The zero-order valence-corrected chi connectivity index (χ0v) is 61.8. The van der Waals surface area contributed by atoms with E-state index < -0.39 is 97.5 Å². The first-order chi connectivity index (χ1) is 44.3. The lowest BCUT2D eigenvalue weighted by Crippen LogP contribution is -2.30. The maximum absolute atomic E-state index is 13.1. The van der Waals surface area contributed by atoms with Crippen LogP contribution in [0.15, 0.2) is 0 Å². The molecule has 0 saturated heterocycles. The summed E-state index contributed by atoms with van der Waals surface area (Å²) < 4.78 is 68.2. The highest BCUT2D eigenvalue weighted by atomic mass is 31.2. The third-order valence-corrected chi connectivity index (χ3v) is 19.1. The second-order valence-corrected chi connectivity index (χ2v) is 30.4. The summed E-state index contributed by atoms with van der Waals surface area (Å²) in [6.07, 6.45) is 49.0. The maximum Gasteiger partial charge on any atom is 0.472 e. The van der Waals surface area contributed by atoms with Gasteiger partial charge in [0.05, 0.1) is 26.4 Å². The van der Waals surface area contributed by atoms with Gasteiger partial charge in [-0.25, -0.2) is 9.13 Å². The van der Waals surface area contributed by atoms with Gasteiger partial charge in [-0.05, 0) is 43.4 Å². The van der Waals surface area contributed by atoms with Gasteiger partial charge < -0.3 is 33.8 Å². The number of aliphatic hydroxyl groups excluding tert-OH is 1. The van der Waals surface area contributed by atoms with Crippen molar-refractivity contribution in [3.8, 4) is 0 Å². The molecule has 6 atom stereocenters. The molecule has 0 spiro atoms. The second kappa shape index (κ2) is 63.8. The summed E-state index contributed by atoms with van der Waals surface area (Å²) >= 11 is 0. The van der Waals surface area contributed by atoms with Gasteiger partial charge in [-0.15, -0.1) is 0 Å². The van der Waals surface area contributed by atoms with E-state index in [-0.39, 0.29) is 25.7 Å². The highest BCUT2D eigenvalue weighted by Gasteiger charge is 2.30. The predicted octanol–water partition coefficient (Wildman–Crippen LogP) is 21.0. The lowest BCUT2D eigenvalue weighted by Gasteiger charge is -2.21. The Bertz CT molecular complexity index is 1800. The van der Waals surface area contributed by atoms with Crippen LogP contribution in [-0.4, -0.2) is 96.7 Å². The van der Waals surface area contributed by atoms with Crippen LogP contribution in [0.5, 0.6) is 0 Å². The Morgan fingerprint density at radius 3 is 0.826 bits per heavy atom. The summed E-state index contributed by atoms with van der Waals surface area (Å²) in [5.41, 5.74) is 0. The number of ether oxygens (including phenoxy) is 4. The number of phosphoric acid groups is 2. The van der Waals surface area contributed by atoms with E-state index >= 15 is 0 Å². The SMILES string of the molecule is CCCCCCCC(=O)OC[C@H](COP(=O)(O)OC[C@H](O)COP(=O)(O)OC[C@@H](COC(=O)CCCCCCCCCCCCCCCCC(C)CC)OC(=O)CCCCCCCCCCCCCCCCCC(C)C)OC(=O)CCCCCCCCCCC(C)C. The lowest BCUT2D eigenvalue weighted by molar-refractivity contribution is -0.161. The molecule has 0 aliphatic carbocycles. The molecule has 0 aromatic carbocycles. The number of carbonyl (C=O) groups excluding carboxylic acids is 4. The van der Waals surface area contributed by atoms with Crippen molar-refractivity contribution in [1.29, 1.82) is 0 Å². The fourth-order valence-corrected chi connectivity index (χ4v) is 12.6. The predicted molar refractivity (Wildman–Crippen MR) is 372 cm³/mol. The first-order valence-corrected chi connectivity index (χ1v) is 40.9. The topological polar surface area (TPSA) is 237 Å². The minimum Gasteiger partial charge on any atom is -0.462 e. The minimum atomic E-state index is -4.95. The molecular formula is C73H142O17P2. The monoisotopic (exact) mass is 1350 g/mol. The number of hydrogen-bond donors (Lipinski definition) is 3. The van der Waals surface area contributed by atoms with Crippen molar-refractivity contribution in [3.05, 3.63) is 0 Å². The molecule has 3 unspecified atom stereocenters. The summed E-state index contributed by atoms with van der Waals surface area (Å²) in [7, 11) is -9.90. The number of unbranched alkanes of at least 4 members (excludes halogenated alkanes) is 38. The van der Waals surface area contributed by atoms with Crippen LogP contribution in [0.2, 0.25) is 0 Å². The summed E-state index contributed by atoms with van der Waals surface area (Å²) in [5.74, 6) is 0.237. The normalized spacial score (nSPS) is 14.4. The number of aliphatic hydroxyl groups is 1. The Kier molecular flexibility index (Phi) is 62.4. The van der Waals surface area contributed by atoms with Crippen LogP contribution in [0.25, 0.3) is 0 Å². The van der Waals surface area contributed by atoms with Crippen molar-refractivity contribution in [2.24, 2.45) is 17.8 Å². The molecule has 0 aliphatic rings. The van der Waals surface area contributed by atoms with Gasteiger partial charge in [0.15, 0.2) is 12.2 Å². The number of carbonyl (C=O) groups is 4. The van der Waals surface area contributed by atoms with Crippen LogP contribution in [0.4, 0.5) is 0 Å². The zero-order valence-electron chi connectivity index (χ0n) is 60.0. The number of esters is 4. The van der Waals surface area contributed by atoms with E-state index in [1.54, 1.807) is 0 Å². The van der Waals surface area contributed by atoms with Gasteiger partial charge in [0.2, 0.25) is 0 Å². The van der Waals surface area contributed by atoms with Crippen LogP contribution < -0.4 is 0 Å². The maximum atomic E-state index is 13.1. The summed E-state index contributed by atoms with van der Waals surface area (Å²) in [6, 6.07) is 0. The molecule has 0 aromatic heterocycles. The van der Waals surface area contributed by atoms with Crippen LogP contribution >= 0.6 is 15.6 Å². The van der Waals surface area contributed by atoms with E-state index in [9.17, 15) is 43.2 Å². The van der Waals surface area contributed by atoms with Crippen molar-refractivity contribution in [2.75, 3.05) is 39.6 Å². The Morgan fingerprint density at radius 1 is 0.315 bits per heavy atom. The zero-order chi connectivity index (χ0) is 68.0. The van der Waals surface area contributed by atoms with Gasteiger partial charge in [0.1, 0.15) is 19.3 Å². The van der Waals surface area contributed by atoms with Gasteiger partial charge in [0, 0.05) is 25.7 Å². The van der Waals surface area contributed by atoms with Crippen molar-refractivity contribution in [3.63, 3.8) is 0 Å². The number of phosphoric ester groups is 2. The van der Waals surface area contributed by atoms with E-state index in [4.69, 9.17) is 37.0 Å². The van der Waals surface area contributed by atoms with E-state index in [1.807, 2.05) is 0 Å². The molecule has 0 rings (SSSR count). The molecule has 0 bridgehead atoms. The molecule has 92 heavy (non-hydrogen) atoms. The molecule has 0 amide bonds. The van der Waals surface area contributed by atoms with Crippen molar-refractivity contribution < 1.29 is 80.2 Å². The van der Waals surface area contributed by atoms with Gasteiger partial charge in [-0.2, -0.15) is 0 Å². The van der Waals surface area contributed by atoms with Gasteiger partial charge in [0.25, 0.3) is 0 Å². The Morgan fingerprint density at radius 2 is 0.554 bits per heavy atom. The average Bonchev–Trinajstić information content (AvgIpc) is 1.50. The highest BCUT2D eigenvalue weighted by molar-refractivity contribution is 7.47. The smallest absolute Gasteiger partial charge is 0.462 e. The van der Waals surface area contributed by atoms with E-state index in [0.717, 1.165) is 114 Å². The third-order valence-electron chi connectivity index (χ3n) is 17.2. The molecule has 3 N–H and O–H groups in total.